The molecule has 3 aromatic rings. The van der Waals surface area contributed by atoms with Gasteiger partial charge >= 0.3 is 6.03 Å². The molecule has 28 heavy (non-hydrogen) atoms. The number of nitrogens with one attached hydrogen (secondary N) is 1. The van der Waals surface area contributed by atoms with Crippen LogP contribution in [0.4, 0.5) is 10.5 Å². The zero-order valence-electron chi connectivity index (χ0n) is 16.0. The summed E-state index contributed by atoms with van der Waals surface area (Å²) in [6.45, 7) is 4.39. The Bertz CT molecular complexity index is 907. The Morgan fingerprint density at radius 2 is 1.54 bits per heavy atom. The van der Waals surface area contributed by atoms with Crippen LogP contribution in [-0.4, -0.2) is 12.8 Å². The van der Waals surface area contributed by atoms with Crippen molar-refractivity contribution in [3.63, 3.8) is 0 Å². The van der Waals surface area contributed by atoms with Crippen LogP contribution < -0.4 is 15.0 Å². The second kappa shape index (κ2) is 9.29. The van der Waals surface area contributed by atoms with Gasteiger partial charge in [-0.15, -0.1) is 0 Å². The summed E-state index contributed by atoms with van der Waals surface area (Å²) in [6.07, 6.45) is 0. The van der Waals surface area contributed by atoms with Crippen LogP contribution >= 0.6 is 11.6 Å². The number of carbonyl (C=O) groups is 1. The van der Waals surface area contributed by atoms with Crippen LogP contribution in [0.2, 0.25) is 5.02 Å². The van der Waals surface area contributed by atoms with Crippen molar-refractivity contribution in [3.05, 3.63) is 94.5 Å². The maximum Gasteiger partial charge on any atom is 0.324 e. The van der Waals surface area contributed by atoms with Crippen LogP contribution in [0.5, 0.6) is 5.75 Å². The molecule has 3 aromatic carbocycles. The number of aryl methyl sites for hydroxylation is 2. The first-order chi connectivity index (χ1) is 13.5. The average Bonchev–Trinajstić information content (AvgIpc) is 2.71. The number of anilines is 1. The van der Waals surface area contributed by atoms with E-state index in [1.807, 2.05) is 86.6 Å². The highest BCUT2D eigenvalue weighted by Crippen LogP contribution is 2.25. The van der Waals surface area contributed by atoms with Crippen LogP contribution in [0.1, 0.15) is 16.7 Å². The third-order valence-corrected chi connectivity index (χ3v) is 4.96. The average molecular weight is 395 g/mol. The molecular weight excluding hydrogens is 372 g/mol. The van der Waals surface area contributed by atoms with E-state index in [9.17, 15) is 4.79 Å². The highest BCUT2D eigenvalue weighted by molar-refractivity contribution is 6.32. The van der Waals surface area contributed by atoms with Crippen LogP contribution in [0.3, 0.4) is 0 Å². The number of para-hydroxylation sites is 1. The monoisotopic (exact) mass is 394 g/mol. The lowest BCUT2D eigenvalue weighted by Crippen LogP contribution is -2.41. The Morgan fingerprint density at radius 3 is 2.14 bits per heavy atom. The third kappa shape index (κ3) is 5.05. The van der Waals surface area contributed by atoms with Gasteiger partial charge in [0, 0.05) is 10.7 Å². The lowest BCUT2D eigenvalue weighted by Gasteiger charge is -2.23. The van der Waals surface area contributed by atoms with Gasteiger partial charge in [0.1, 0.15) is 5.75 Å². The largest absolute Gasteiger partial charge is 0.473 e. The number of nitrogens with zero attached hydrogens (tertiary/aromatic N) is 1. The van der Waals surface area contributed by atoms with E-state index in [0.717, 1.165) is 27.4 Å². The predicted molar refractivity (Wildman–Crippen MR) is 114 cm³/mol. The second-order valence-corrected chi connectivity index (χ2v) is 6.93. The Morgan fingerprint density at radius 1 is 0.964 bits per heavy atom. The SMILES string of the molecule is Cc1cc(OCNC(=O)N(Cc2ccccc2)c2ccccc2)cc(C)c1Cl. The Labute approximate surface area is 170 Å². The number of benzene rings is 3. The third-order valence-electron chi connectivity index (χ3n) is 4.37. The molecule has 1 N–H and O–H groups in total. The zero-order chi connectivity index (χ0) is 19.9. The van der Waals surface area contributed by atoms with E-state index in [1.165, 1.54) is 0 Å². The molecule has 0 aliphatic rings. The molecule has 0 aromatic heterocycles. The summed E-state index contributed by atoms with van der Waals surface area (Å²) in [6, 6.07) is 23.0. The van der Waals surface area contributed by atoms with E-state index in [-0.39, 0.29) is 12.8 Å². The number of urea groups is 1. The maximum absolute atomic E-state index is 12.8. The van der Waals surface area contributed by atoms with Gasteiger partial charge in [-0.3, -0.25) is 4.90 Å². The molecule has 0 fully saturated rings. The minimum Gasteiger partial charge on any atom is -0.473 e. The van der Waals surface area contributed by atoms with Crippen molar-refractivity contribution < 1.29 is 9.53 Å². The van der Waals surface area contributed by atoms with E-state index in [0.29, 0.717) is 12.3 Å². The highest BCUT2D eigenvalue weighted by Gasteiger charge is 2.16. The highest BCUT2D eigenvalue weighted by atomic mass is 35.5. The summed E-state index contributed by atoms with van der Waals surface area (Å²) in [5.41, 5.74) is 3.75. The first-order valence-electron chi connectivity index (χ1n) is 9.08. The van der Waals surface area contributed by atoms with Gasteiger partial charge in [0.15, 0.2) is 6.73 Å². The van der Waals surface area contributed by atoms with Crippen LogP contribution in [0, 0.1) is 13.8 Å². The molecule has 0 spiro atoms. The molecule has 0 heterocycles. The molecule has 4 nitrogen and oxygen atoms in total. The molecule has 0 unspecified atom stereocenters. The van der Waals surface area contributed by atoms with Crippen LogP contribution in [0.25, 0.3) is 0 Å². The molecule has 0 aliphatic heterocycles. The summed E-state index contributed by atoms with van der Waals surface area (Å²) < 4.78 is 5.71. The number of hydrogen-bond donors (Lipinski definition) is 1. The molecular formula is C23H23ClN2O2. The Hall–Kier alpha value is -2.98. The quantitative estimate of drug-likeness (QED) is 0.544. The fraction of sp³-hybridized carbons (Fsp3) is 0.174. The molecule has 0 bridgehead atoms. The van der Waals surface area contributed by atoms with E-state index in [2.05, 4.69) is 5.32 Å². The molecule has 2 amide bonds. The van der Waals surface area contributed by atoms with Crippen molar-refractivity contribution in [2.75, 3.05) is 11.6 Å². The molecule has 0 aliphatic carbocycles. The zero-order valence-corrected chi connectivity index (χ0v) is 16.7. The molecule has 144 valence electrons. The number of halogens is 1. The van der Waals surface area contributed by atoms with Gasteiger partial charge in [-0.05, 0) is 54.8 Å². The fourth-order valence-electron chi connectivity index (χ4n) is 2.92. The molecule has 0 saturated heterocycles. The van der Waals surface area contributed by atoms with Crippen molar-refractivity contribution in [1.29, 1.82) is 0 Å². The first-order valence-corrected chi connectivity index (χ1v) is 9.46. The Kier molecular flexibility index (Phi) is 6.56. The molecule has 5 heteroatoms. The van der Waals surface area contributed by atoms with Crippen LogP contribution in [0.15, 0.2) is 72.8 Å². The number of rotatable bonds is 6. The van der Waals surface area contributed by atoms with E-state index in [1.54, 1.807) is 4.90 Å². The van der Waals surface area contributed by atoms with Crippen molar-refractivity contribution in [2.24, 2.45) is 0 Å². The van der Waals surface area contributed by atoms with Gasteiger partial charge in [-0.1, -0.05) is 60.1 Å². The summed E-state index contributed by atoms with van der Waals surface area (Å²) in [7, 11) is 0. The minimum absolute atomic E-state index is 0.0669. The van der Waals surface area contributed by atoms with Crippen LogP contribution in [-0.2, 0) is 6.54 Å². The summed E-state index contributed by atoms with van der Waals surface area (Å²) >= 11 is 6.19. The lowest BCUT2D eigenvalue weighted by atomic mass is 10.1. The minimum atomic E-state index is -0.225. The van der Waals surface area contributed by atoms with Gasteiger partial charge in [-0.2, -0.15) is 0 Å². The molecule has 0 atom stereocenters. The van der Waals surface area contributed by atoms with Gasteiger partial charge in [0.05, 0.1) is 6.54 Å². The van der Waals surface area contributed by atoms with E-state index in [4.69, 9.17) is 16.3 Å². The van der Waals surface area contributed by atoms with Gasteiger partial charge < -0.3 is 10.1 Å². The van der Waals surface area contributed by atoms with Crippen molar-refractivity contribution in [1.82, 2.24) is 5.32 Å². The van der Waals surface area contributed by atoms with Crippen molar-refractivity contribution in [3.8, 4) is 5.75 Å². The molecule has 0 saturated carbocycles. The summed E-state index contributed by atoms with van der Waals surface area (Å²) in [4.78, 5) is 14.5. The maximum atomic E-state index is 12.8. The van der Waals surface area contributed by atoms with Gasteiger partial charge in [0.2, 0.25) is 0 Å². The second-order valence-electron chi connectivity index (χ2n) is 6.55. The first kappa shape index (κ1) is 19.8. The smallest absolute Gasteiger partial charge is 0.324 e. The predicted octanol–water partition coefficient (Wildman–Crippen LogP) is 5.71. The fourth-order valence-corrected chi connectivity index (χ4v) is 3.03. The van der Waals surface area contributed by atoms with Crippen molar-refractivity contribution >= 4 is 23.3 Å². The normalized spacial score (nSPS) is 10.4. The van der Waals surface area contributed by atoms with E-state index >= 15 is 0 Å². The number of carbonyl (C=O) groups excluding carboxylic acids is 1. The Balaban J connectivity index is 1.68. The van der Waals surface area contributed by atoms with Gasteiger partial charge in [-0.25, -0.2) is 4.79 Å². The molecule has 3 rings (SSSR count). The van der Waals surface area contributed by atoms with E-state index < -0.39 is 0 Å². The number of ether oxygens (including phenoxy) is 1. The molecule has 0 radical (unpaired) electrons. The number of hydrogen-bond acceptors (Lipinski definition) is 2. The van der Waals surface area contributed by atoms with Gasteiger partial charge in [0.25, 0.3) is 0 Å². The number of amides is 2. The summed E-state index contributed by atoms with van der Waals surface area (Å²) in [5, 5.41) is 3.57. The summed E-state index contributed by atoms with van der Waals surface area (Å²) in [5.74, 6) is 0.675. The lowest BCUT2D eigenvalue weighted by molar-refractivity contribution is 0.229. The van der Waals surface area contributed by atoms with Crippen molar-refractivity contribution in [2.45, 2.75) is 20.4 Å². The standard InChI is InChI=1S/C23H23ClN2O2/c1-17-13-21(14-18(2)22(17)24)28-16-25-23(27)26(20-11-7-4-8-12-20)15-19-9-5-3-6-10-19/h3-14H,15-16H2,1-2H3,(H,25,27). The topological polar surface area (TPSA) is 41.6 Å².